The Bertz CT molecular complexity index is 950. The number of hydrogen-bond acceptors (Lipinski definition) is 7. The second kappa shape index (κ2) is 7.42. The van der Waals surface area contributed by atoms with Crippen molar-refractivity contribution in [2.24, 2.45) is 0 Å². The monoisotopic (exact) mass is 395 g/mol. The fraction of sp³-hybridized carbons (Fsp3) is 0.476. The molecule has 0 bridgehead atoms. The van der Waals surface area contributed by atoms with E-state index in [0.29, 0.717) is 31.3 Å². The van der Waals surface area contributed by atoms with Crippen LogP contribution >= 0.6 is 0 Å². The molecule has 8 heteroatoms. The summed E-state index contributed by atoms with van der Waals surface area (Å²) in [4.78, 5) is 32.4. The molecule has 0 N–H and O–H groups in total. The van der Waals surface area contributed by atoms with Crippen molar-refractivity contribution in [3.63, 3.8) is 0 Å². The predicted octanol–water partition coefficient (Wildman–Crippen LogP) is 3.51. The molecule has 0 saturated heterocycles. The normalized spacial score (nSPS) is 18.3. The van der Waals surface area contributed by atoms with E-state index in [-0.39, 0.29) is 12.0 Å². The molecule has 2 aromatic heterocycles. The molecular formula is C21H25N5O3. The van der Waals surface area contributed by atoms with Crippen molar-refractivity contribution in [2.75, 3.05) is 6.61 Å². The Morgan fingerprint density at radius 1 is 1.21 bits per heavy atom. The van der Waals surface area contributed by atoms with Crippen molar-refractivity contribution in [3.8, 4) is 11.4 Å². The molecule has 0 aromatic carbocycles. The fourth-order valence-corrected chi connectivity index (χ4v) is 3.42. The summed E-state index contributed by atoms with van der Waals surface area (Å²) in [5.74, 6) is 1.38. The third kappa shape index (κ3) is 4.21. The summed E-state index contributed by atoms with van der Waals surface area (Å²) in [6.07, 6.45) is 7.68. The molecule has 0 radical (unpaired) electrons. The van der Waals surface area contributed by atoms with Crippen LogP contribution in [0, 0.1) is 6.92 Å². The van der Waals surface area contributed by atoms with Gasteiger partial charge < -0.3 is 9.47 Å². The lowest BCUT2D eigenvalue weighted by Crippen LogP contribution is -2.33. The lowest BCUT2D eigenvalue weighted by atomic mass is 9.95. The molecule has 0 spiro atoms. The fourth-order valence-electron chi connectivity index (χ4n) is 3.42. The number of carbonyl (C=O) groups is 1. The molecule has 2 aliphatic heterocycles. The standard InChI is InChI=1S/C21H25N5O3/c1-13-22-9-15(10-23-13)19-24-17-12-26(20(27)29-21(2,3)4)11-16(17)18(25-19)14-5-7-28-8-6-14/h5,7,9-10,14H,6,8,11-12H2,1-4H3. The van der Waals surface area contributed by atoms with Gasteiger partial charge in [0.1, 0.15) is 11.4 Å². The van der Waals surface area contributed by atoms with Crippen LogP contribution in [0.3, 0.4) is 0 Å². The van der Waals surface area contributed by atoms with E-state index in [1.165, 1.54) is 0 Å². The molecule has 0 fully saturated rings. The number of rotatable bonds is 2. The van der Waals surface area contributed by atoms with Gasteiger partial charge in [-0.2, -0.15) is 0 Å². The van der Waals surface area contributed by atoms with Gasteiger partial charge in [-0.05, 0) is 40.2 Å². The van der Waals surface area contributed by atoms with E-state index in [2.05, 4.69) is 9.97 Å². The summed E-state index contributed by atoms with van der Waals surface area (Å²) in [6.45, 7) is 8.90. The van der Waals surface area contributed by atoms with E-state index in [0.717, 1.165) is 28.9 Å². The van der Waals surface area contributed by atoms with Crippen LogP contribution in [-0.4, -0.2) is 43.1 Å². The maximum atomic E-state index is 12.6. The van der Waals surface area contributed by atoms with Gasteiger partial charge in [0.25, 0.3) is 0 Å². The van der Waals surface area contributed by atoms with Gasteiger partial charge in [0.2, 0.25) is 0 Å². The van der Waals surface area contributed by atoms with Crippen LogP contribution in [0.1, 0.15) is 55.9 Å². The van der Waals surface area contributed by atoms with Gasteiger partial charge in [-0.15, -0.1) is 0 Å². The quantitative estimate of drug-likeness (QED) is 0.768. The Balaban J connectivity index is 1.72. The molecule has 0 aliphatic carbocycles. The van der Waals surface area contributed by atoms with Crippen LogP contribution in [0.2, 0.25) is 0 Å². The summed E-state index contributed by atoms with van der Waals surface area (Å²) < 4.78 is 10.9. The molecule has 4 rings (SSSR count). The highest BCUT2D eigenvalue weighted by Crippen LogP contribution is 2.34. The number of allylic oxidation sites excluding steroid dienone is 1. The third-order valence-corrected chi connectivity index (χ3v) is 4.81. The van der Waals surface area contributed by atoms with E-state index < -0.39 is 5.60 Å². The van der Waals surface area contributed by atoms with Gasteiger partial charge in [0, 0.05) is 23.9 Å². The maximum absolute atomic E-state index is 12.6. The van der Waals surface area contributed by atoms with Crippen molar-refractivity contribution >= 4 is 6.09 Å². The first-order valence-corrected chi connectivity index (χ1v) is 9.75. The van der Waals surface area contributed by atoms with E-state index in [1.807, 2.05) is 33.8 Å². The predicted molar refractivity (Wildman–Crippen MR) is 106 cm³/mol. The van der Waals surface area contributed by atoms with Gasteiger partial charge in [-0.3, -0.25) is 4.90 Å². The molecule has 1 atom stereocenters. The van der Waals surface area contributed by atoms with Crippen LogP contribution in [0.15, 0.2) is 24.7 Å². The number of nitrogens with zero attached hydrogens (tertiary/aromatic N) is 5. The first-order chi connectivity index (χ1) is 13.8. The number of carbonyl (C=O) groups excluding carboxylic acids is 1. The van der Waals surface area contributed by atoms with Crippen molar-refractivity contribution < 1.29 is 14.3 Å². The second-order valence-electron chi connectivity index (χ2n) is 8.31. The van der Waals surface area contributed by atoms with Crippen LogP contribution in [0.5, 0.6) is 0 Å². The second-order valence-corrected chi connectivity index (χ2v) is 8.31. The van der Waals surface area contributed by atoms with Crippen LogP contribution in [0.25, 0.3) is 11.4 Å². The summed E-state index contributed by atoms with van der Waals surface area (Å²) in [6, 6.07) is 0. The molecule has 8 nitrogen and oxygen atoms in total. The number of aromatic nitrogens is 4. The zero-order chi connectivity index (χ0) is 20.6. The van der Waals surface area contributed by atoms with Gasteiger partial charge in [0.05, 0.1) is 42.9 Å². The zero-order valence-corrected chi connectivity index (χ0v) is 17.2. The van der Waals surface area contributed by atoms with E-state index >= 15 is 0 Å². The number of amides is 1. The summed E-state index contributed by atoms with van der Waals surface area (Å²) >= 11 is 0. The molecule has 2 aromatic rings. The van der Waals surface area contributed by atoms with E-state index in [9.17, 15) is 4.79 Å². The van der Waals surface area contributed by atoms with Crippen molar-refractivity contribution in [3.05, 3.63) is 47.5 Å². The highest BCUT2D eigenvalue weighted by molar-refractivity contribution is 5.69. The third-order valence-electron chi connectivity index (χ3n) is 4.81. The van der Waals surface area contributed by atoms with Crippen LogP contribution in [0.4, 0.5) is 4.79 Å². The Hall–Kier alpha value is -3.03. The lowest BCUT2D eigenvalue weighted by molar-refractivity contribution is 0.0240. The minimum absolute atomic E-state index is 0.115. The number of aryl methyl sites for hydroxylation is 1. The average molecular weight is 395 g/mol. The number of hydrogen-bond donors (Lipinski definition) is 0. The minimum Gasteiger partial charge on any atom is -0.501 e. The van der Waals surface area contributed by atoms with Crippen molar-refractivity contribution in [1.82, 2.24) is 24.8 Å². The van der Waals surface area contributed by atoms with Crippen LogP contribution < -0.4 is 0 Å². The van der Waals surface area contributed by atoms with Gasteiger partial charge >= 0.3 is 6.09 Å². The highest BCUT2D eigenvalue weighted by Gasteiger charge is 2.33. The molecule has 152 valence electrons. The molecule has 1 unspecified atom stereocenters. The number of fused-ring (bicyclic) bond motifs is 1. The largest absolute Gasteiger partial charge is 0.501 e. The van der Waals surface area contributed by atoms with Crippen molar-refractivity contribution in [1.29, 1.82) is 0 Å². The Labute approximate surface area is 170 Å². The molecular weight excluding hydrogens is 370 g/mol. The van der Waals surface area contributed by atoms with Crippen molar-refractivity contribution in [2.45, 2.75) is 58.7 Å². The average Bonchev–Trinajstić information content (AvgIpc) is 3.12. The molecule has 29 heavy (non-hydrogen) atoms. The molecule has 2 aliphatic rings. The molecule has 1 amide bonds. The molecule has 0 saturated carbocycles. The Kier molecular flexibility index (Phi) is 4.94. The highest BCUT2D eigenvalue weighted by atomic mass is 16.6. The lowest BCUT2D eigenvalue weighted by Gasteiger charge is -2.24. The topological polar surface area (TPSA) is 90.3 Å². The van der Waals surface area contributed by atoms with Gasteiger partial charge in [-0.25, -0.2) is 24.7 Å². The van der Waals surface area contributed by atoms with Gasteiger partial charge in [0.15, 0.2) is 5.82 Å². The van der Waals surface area contributed by atoms with Crippen LogP contribution in [-0.2, 0) is 22.6 Å². The zero-order valence-electron chi connectivity index (χ0n) is 17.2. The summed E-state index contributed by atoms with van der Waals surface area (Å²) in [5, 5.41) is 0. The number of ether oxygens (including phenoxy) is 2. The smallest absolute Gasteiger partial charge is 0.410 e. The summed E-state index contributed by atoms with van der Waals surface area (Å²) in [5.41, 5.74) is 2.97. The summed E-state index contributed by atoms with van der Waals surface area (Å²) in [7, 11) is 0. The minimum atomic E-state index is -0.547. The molecule has 4 heterocycles. The first-order valence-electron chi connectivity index (χ1n) is 9.75. The van der Waals surface area contributed by atoms with E-state index in [4.69, 9.17) is 19.4 Å². The van der Waals surface area contributed by atoms with E-state index in [1.54, 1.807) is 23.6 Å². The van der Waals surface area contributed by atoms with Gasteiger partial charge in [-0.1, -0.05) is 0 Å². The Morgan fingerprint density at radius 3 is 2.62 bits per heavy atom. The maximum Gasteiger partial charge on any atom is 0.410 e. The Morgan fingerprint density at radius 2 is 1.97 bits per heavy atom. The first kappa shape index (κ1) is 19.3. The SMILES string of the molecule is Cc1ncc(-c2nc3c(c(C4C=COCC4)n2)CN(C(=O)OC(C)(C)C)C3)cn1.